The molecular weight excluding hydrogens is 400 g/mol. The molecule has 1 fully saturated rings. The van der Waals surface area contributed by atoms with Gasteiger partial charge in [0, 0.05) is 31.5 Å². The number of aromatic nitrogens is 6. The van der Waals surface area contributed by atoms with Gasteiger partial charge in [-0.25, -0.2) is 18.1 Å². The van der Waals surface area contributed by atoms with Crippen LogP contribution in [0.2, 0.25) is 0 Å². The molecule has 3 aromatic heterocycles. The molecule has 0 unspecified atom stereocenters. The number of nitrogens with one attached hydrogen (secondary N) is 1. The third-order valence-electron chi connectivity index (χ3n) is 4.83. The Morgan fingerprint density at radius 3 is 3.04 bits per heavy atom. The lowest BCUT2D eigenvalue weighted by Crippen LogP contribution is -2.37. The first-order valence-corrected chi connectivity index (χ1v) is 10.9. The molecule has 5 rings (SSSR count). The Hall–Kier alpha value is -2.70. The minimum Gasteiger partial charge on any atom is -0.352 e. The van der Waals surface area contributed by atoms with Gasteiger partial charge in [-0.3, -0.25) is 4.40 Å². The standard InChI is InChI=1S/C16H16N8O2S2/c1-10-18-19-16-15(17-6-8-24(10)16)23-7-5-11(9-23)22-28(25,26)13-4-2-3-12-14(13)21-27-20-12/h2-4,6,8,11,22H,5,7,9H2,1H3/t11-/m1/s1. The second-order valence-electron chi connectivity index (χ2n) is 6.63. The van der Waals surface area contributed by atoms with Crippen molar-refractivity contribution < 1.29 is 8.42 Å². The lowest BCUT2D eigenvalue weighted by Gasteiger charge is -2.18. The van der Waals surface area contributed by atoms with E-state index in [0.717, 1.165) is 17.6 Å². The largest absolute Gasteiger partial charge is 0.352 e. The molecule has 0 amide bonds. The number of hydrogen-bond donors (Lipinski definition) is 1. The van der Waals surface area contributed by atoms with E-state index in [-0.39, 0.29) is 10.9 Å². The van der Waals surface area contributed by atoms with E-state index in [1.807, 2.05) is 22.4 Å². The van der Waals surface area contributed by atoms with Crippen LogP contribution in [0.1, 0.15) is 12.2 Å². The number of nitrogens with zero attached hydrogens (tertiary/aromatic N) is 7. The van der Waals surface area contributed by atoms with Gasteiger partial charge in [0.1, 0.15) is 21.8 Å². The zero-order chi connectivity index (χ0) is 19.3. The van der Waals surface area contributed by atoms with Crippen LogP contribution in [0.5, 0.6) is 0 Å². The highest BCUT2D eigenvalue weighted by atomic mass is 32.2. The summed E-state index contributed by atoms with van der Waals surface area (Å²) in [5, 5.41) is 8.29. The van der Waals surface area contributed by atoms with Crippen molar-refractivity contribution in [3.63, 3.8) is 0 Å². The van der Waals surface area contributed by atoms with E-state index >= 15 is 0 Å². The van der Waals surface area contributed by atoms with Crippen LogP contribution in [0, 0.1) is 6.92 Å². The Bertz CT molecular complexity index is 1280. The van der Waals surface area contributed by atoms with Gasteiger partial charge in [0.2, 0.25) is 15.7 Å². The molecular formula is C16H16N8O2S2. The van der Waals surface area contributed by atoms with Gasteiger partial charge in [-0.2, -0.15) is 8.75 Å². The van der Waals surface area contributed by atoms with Gasteiger partial charge >= 0.3 is 0 Å². The van der Waals surface area contributed by atoms with Crippen LogP contribution in [0.3, 0.4) is 0 Å². The van der Waals surface area contributed by atoms with Crippen molar-refractivity contribution in [1.29, 1.82) is 0 Å². The molecule has 0 saturated carbocycles. The van der Waals surface area contributed by atoms with Crippen LogP contribution in [0.15, 0.2) is 35.5 Å². The molecule has 144 valence electrons. The molecule has 0 aliphatic carbocycles. The van der Waals surface area contributed by atoms with Crippen LogP contribution in [0.25, 0.3) is 16.7 Å². The number of aryl methyl sites for hydroxylation is 1. The van der Waals surface area contributed by atoms with Crippen LogP contribution < -0.4 is 9.62 Å². The summed E-state index contributed by atoms with van der Waals surface area (Å²) in [6.07, 6.45) is 4.18. The zero-order valence-electron chi connectivity index (χ0n) is 14.8. The minimum absolute atomic E-state index is 0.158. The van der Waals surface area contributed by atoms with Crippen molar-refractivity contribution in [2.75, 3.05) is 18.0 Å². The molecule has 1 aliphatic heterocycles. The van der Waals surface area contributed by atoms with Gasteiger partial charge in [-0.05, 0) is 25.5 Å². The lowest BCUT2D eigenvalue weighted by atomic mass is 10.3. The third kappa shape index (κ3) is 2.80. The quantitative estimate of drug-likeness (QED) is 0.523. The molecule has 10 nitrogen and oxygen atoms in total. The van der Waals surface area contributed by atoms with Crippen molar-refractivity contribution in [2.45, 2.75) is 24.3 Å². The van der Waals surface area contributed by atoms with Crippen molar-refractivity contribution in [2.24, 2.45) is 0 Å². The highest BCUT2D eigenvalue weighted by Gasteiger charge is 2.30. The first-order chi connectivity index (χ1) is 13.5. The molecule has 0 bridgehead atoms. The predicted octanol–water partition coefficient (Wildman–Crippen LogP) is 0.995. The molecule has 4 aromatic rings. The minimum atomic E-state index is -3.71. The number of sulfonamides is 1. The fourth-order valence-corrected chi connectivity index (χ4v) is 5.51. The highest BCUT2D eigenvalue weighted by molar-refractivity contribution is 7.89. The Labute approximate surface area is 164 Å². The van der Waals surface area contributed by atoms with E-state index in [0.29, 0.717) is 42.0 Å². The molecule has 4 heterocycles. The Morgan fingerprint density at radius 2 is 2.14 bits per heavy atom. The highest BCUT2D eigenvalue weighted by Crippen LogP contribution is 2.25. The third-order valence-corrected chi connectivity index (χ3v) is 6.92. The first kappa shape index (κ1) is 17.4. The maximum atomic E-state index is 12.9. The van der Waals surface area contributed by atoms with Gasteiger partial charge in [-0.1, -0.05) is 6.07 Å². The maximum absolute atomic E-state index is 12.9. The Balaban J connectivity index is 1.40. The average molecular weight is 416 g/mol. The molecule has 0 spiro atoms. The summed E-state index contributed by atoms with van der Waals surface area (Å²) in [7, 11) is -3.71. The molecule has 0 radical (unpaired) electrons. The molecule has 1 aliphatic rings. The molecule has 1 saturated heterocycles. The summed E-state index contributed by atoms with van der Waals surface area (Å²) in [4.78, 5) is 6.62. The van der Waals surface area contributed by atoms with Crippen LogP contribution in [-0.2, 0) is 10.0 Å². The summed E-state index contributed by atoms with van der Waals surface area (Å²) in [5.74, 6) is 1.48. The molecule has 12 heteroatoms. The van der Waals surface area contributed by atoms with E-state index in [9.17, 15) is 8.42 Å². The monoisotopic (exact) mass is 416 g/mol. The number of anilines is 1. The van der Waals surface area contributed by atoms with Crippen molar-refractivity contribution in [1.82, 2.24) is 33.1 Å². The first-order valence-electron chi connectivity index (χ1n) is 8.68. The van der Waals surface area contributed by atoms with Gasteiger partial charge in [0.25, 0.3) is 0 Å². The Kier molecular flexibility index (Phi) is 4.00. The van der Waals surface area contributed by atoms with E-state index < -0.39 is 10.0 Å². The van der Waals surface area contributed by atoms with E-state index in [1.165, 1.54) is 0 Å². The number of hydrogen-bond acceptors (Lipinski definition) is 9. The second-order valence-corrected chi connectivity index (χ2v) is 8.84. The summed E-state index contributed by atoms with van der Waals surface area (Å²) in [6.45, 7) is 3.05. The van der Waals surface area contributed by atoms with E-state index in [1.54, 1.807) is 24.4 Å². The smallest absolute Gasteiger partial charge is 0.243 e. The predicted molar refractivity (Wildman–Crippen MR) is 104 cm³/mol. The number of rotatable bonds is 4. The fraction of sp³-hybridized carbons (Fsp3) is 0.312. The van der Waals surface area contributed by atoms with Crippen LogP contribution in [0.4, 0.5) is 5.82 Å². The van der Waals surface area contributed by atoms with Gasteiger partial charge in [0.05, 0.1) is 11.7 Å². The van der Waals surface area contributed by atoms with E-state index in [4.69, 9.17) is 0 Å². The summed E-state index contributed by atoms with van der Waals surface area (Å²) < 4.78 is 38.8. The number of fused-ring (bicyclic) bond motifs is 2. The fourth-order valence-electron chi connectivity index (χ4n) is 3.48. The van der Waals surface area contributed by atoms with Crippen molar-refractivity contribution >= 4 is 44.2 Å². The molecule has 1 N–H and O–H groups in total. The van der Waals surface area contributed by atoms with Crippen LogP contribution in [-0.4, -0.2) is 55.9 Å². The van der Waals surface area contributed by atoms with Crippen molar-refractivity contribution in [3.05, 3.63) is 36.4 Å². The van der Waals surface area contributed by atoms with Crippen LogP contribution >= 0.6 is 11.7 Å². The van der Waals surface area contributed by atoms with Gasteiger partial charge in [-0.15, -0.1) is 10.2 Å². The molecule has 1 atom stereocenters. The van der Waals surface area contributed by atoms with Crippen molar-refractivity contribution in [3.8, 4) is 0 Å². The normalized spacial score (nSPS) is 17.8. The SMILES string of the molecule is Cc1nnc2c(N3CC[C@@H](NS(=O)(=O)c4cccc5nsnc45)C3)nccn12. The lowest BCUT2D eigenvalue weighted by molar-refractivity contribution is 0.562. The average Bonchev–Trinajstić information content (AvgIpc) is 3.41. The van der Waals surface area contributed by atoms with E-state index in [2.05, 4.69) is 28.7 Å². The molecule has 28 heavy (non-hydrogen) atoms. The summed E-state index contributed by atoms with van der Waals surface area (Å²) in [5.41, 5.74) is 1.65. The topological polar surface area (TPSA) is 118 Å². The zero-order valence-corrected chi connectivity index (χ0v) is 16.5. The van der Waals surface area contributed by atoms with Gasteiger partial charge in [0.15, 0.2) is 5.82 Å². The summed E-state index contributed by atoms with van der Waals surface area (Å²) >= 11 is 1.00. The second kappa shape index (κ2) is 6.43. The summed E-state index contributed by atoms with van der Waals surface area (Å²) in [6, 6.07) is 4.75. The maximum Gasteiger partial charge on any atom is 0.243 e. The molecule has 1 aromatic carbocycles. The van der Waals surface area contributed by atoms with Gasteiger partial charge < -0.3 is 4.90 Å². The Morgan fingerprint density at radius 1 is 1.25 bits per heavy atom. The number of benzene rings is 1.